The van der Waals surface area contributed by atoms with Crippen molar-refractivity contribution < 1.29 is 17.6 Å². The fourth-order valence-electron chi connectivity index (χ4n) is 2.29. The number of halogens is 2. The highest BCUT2D eigenvalue weighted by Gasteiger charge is 2.29. The average Bonchev–Trinajstić information content (AvgIpc) is 2.39. The van der Waals surface area contributed by atoms with Crippen LogP contribution in [0, 0.1) is 5.82 Å². The Labute approximate surface area is 131 Å². The number of benzene rings is 1. The topological polar surface area (TPSA) is 66.5 Å². The third-order valence-electron chi connectivity index (χ3n) is 3.40. The molecule has 1 amide bonds. The van der Waals surface area contributed by atoms with Crippen LogP contribution in [-0.4, -0.2) is 51.2 Å². The summed E-state index contributed by atoms with van der Waals surface area (Å²) in [7, 11) is -3.74. The van der Waals surface area contributed by atoms with Crippen LogP contribution in [0.1, 0.15) is 17.3 Å². The zero-order valence-corrected chi connectivity index (χ0v) is 14.1. The second-order valence-electron chi connectivity index (χ2n) is 5.09. The molecule has 21 heavy (non-hydrogen) atoms. The van der Waals surface area contributed by atoms with E-state index in [4.69, 9.17) is 0 Å². The number of rotatable bonds is 2. The van der Waals surface area contributed by atoms with Gasteiger partial charge in [-0.3, -0.25) is 4.79 Å². The Kier molecular flexibility index (Phi) is 4.69. The van der Waals surface area contributed by atoms with Gasteiger partial charge in [0.2, 0.25) is 0 Å². The quantitative estimate of drug-likeness (QED) is 0.844. The first-order valence-corrected chi connectivity index (χ1v) is 9.11. The minimum Gasteiger partial charge on any atom is -0.333 e. The lowest BCUT2D eigenvalue weighted by molar-refractivity contribution is 0.0650. The Morgan fingerprint density at radius 3 is 2.71 bits per heavy atom. The van der Waals surface area contributed by atoms with Crippen molar-refractivity contribution in [3.8, 4) is 0 Å². The van der Waals surface area contributed by atoms with Crippen LogP contribution in [0.15, 0.2) is 21.5 Å². The van der Waals surface area contributed by atoms with E-state index in [1.54, 1.807) is 4.90 Å². The van der Waals surface area contributed by atoms with Gasteiger partial charge in [0, 0.05) is 36.4 Å². The number of piperazine rings is 1. The van der Waals surface area contributed by atoms with Gasteiger partial charge in [0.1, 0.15) is 4.90 Å². The molecule has 0 radical (unpaired) electrons. The molecule has 0 unspecified atom stereocenters. The maximum absolute atomic E-state index is 14.4. The smallest absolute Gasteiger partial charge is 0.257 e. The molecular weight excluding hydrogens is 363 g/mol. The fraction of sp³-hybridized carbons (Fsp3) is 0.462. The zero-order chi connectivity index (χ0) is 15.8. The summed E-state index contributed by atoms with van der Waals surface area (Å²) in [6, 6.07) is 2.41. The highest BCUT2D eigenvalue weighted by molar-refractivity contribution is 9.10. The second kappa shape index (κ2) is 6.02. The van der Waals surface area contributed by atoms with E-state index < -0.39 is 26.5 Å². The van der Waals surface area contributed by atoms with Crippen LogP contribution in [-0.2, 0) is 9.84 Å². The standard InChI is InChI=1S/C13H16BrFN2O3S/c1-8-7-16-3-4-17(8)13(18)10-5-9(14)6-11(12(10)15)21(2,19)20/h5-6,8,16H,3-4,7H2,1-2H3/t8-/m1/s1. The molecule has 1 aromatic carbocycles. The third-order valence-corrected chi connectivity index (χ3v) is 4.95. The normalized spacial score (nSPS) is 19.6. The summed E-state index contributed by atoms with van der Waals surface area (Å²) in [6.07, 6.45) is 0.916. The van der Waals surface area contributed by atoms with Crippen LogP contribution in [0.3, 0.4) is 0 Å². The molecule has 1 fully saturated rings. The van der Waals surface area contributed by atoms with E-state index in [-0.39, 0.29) is 11.6 Å². The summed E-state index contributed by atoms with van der Waals surface area (Å²) in [4.78, 5) is 13.6. The summed E-state index contributed by atoms with van der Waals surface area (Å²) in [5, 5.41) is 3.14. The number of sulfone groups is 1. The highest BCUT2D eigenvalue weighted by atomic mass is 79.9. The SMILES string of the molecule is C[C@@H]1CNCCN1C(=O)c1cc(Br)cc(S(C)(=O)=O)c1F. The van der Waals surface area contributed by atoms with E-state index in [0.717, 1.165) is 6.26 Å². The van der Waals surface area contributed by atoms with E-state index in [1.807, 2.05) is 6.92 Å². The summed E-state index contributed by atoms with van der Waals surface area (Å²) in [5.41, 5.74) is -0.224. The molecule has 1 atom stereocenters. The van der Waals surface area contributed by atoms with Crippen molar-refractivity contribution in [3.63, 3.8) is 0 Å². The van der Waals surface area contributed by atoms with Crippen LogP contribution in [0.4, 0.5) is 4.39 Å². The molecular formula is C13H16BrFN2O3S. The Hall–Kier alpha value is -0.990. The average molecular weight is 379 g/mol. The fourth-order valence-corrected chi connectivity index (χ4v) is 3.67. The maximum Gasteiger partial charge on any atom is 0.257 e. The van der Waals surface area contributed by atoms with E-state index in [1.165, 1.54) is 12.1 Å². The lowest BCUT2D eigenvalue weighted by Crippen LogP contribution is -2.52. The molecule has 0 aliphatic carbocycles. The van der Waals surface area contributed by atoms with Crippen LogP contribution < -0.4 is 5.32 Å². The molecule has 5 nitrogen and oxygen atoms in total. The van der Waals surface area contributed by atoms with Gasteiger partial charge in [-0.15, -0.1) is 0 Å². The number of nitrogens with zero attached hydrogens (tertiary/aromatic N) is 1. The molecule has 0 spiro atoms. The molecule has 1 aromatic rings. The molecule has 0 saturated carbocycles. The van der Waals surface area contributed by atoms with Gasteiger partial charge in [-0.05, 0) is 19.1 Å². The third kappa shape index (κ3) is 3.44. The molecule has 1 heterocycles. The lowest BCUT2D eigenvalue weighted by atomic mass is 10.1. The Balaban J connectivity index is 2.49. The predicted molar refractivity (Wildman–Crippen MR) is 80.6 cm³/mol. The molecule has 8 heteroatoms. The van der Waals surface area contributed by atoms with Crippen LogP contribution in [0.25, 0.3) is 0 Å². The van der Waals surface area contributed by atoms with Gasteiger partial charge in [0.25, 0.3) is 5.91 Å². The molecule has 1 N–H and O–H groups in total. The predicted octanol–water partition coefficient (Wildman–Crippen LogP) is 1.43. The van der Waals surface area contributed by atoms with Crippen molar-refractivity contribution in [1.82, 2.24) is 10.2 Å². The zero-order valence-electron chi connectivity index (χ0n) is 11.7. The van der Waals surface area contributed by atoms with Crippen LogP contribution in [0.5, 0.6) is 0 Å². The maximum atomic E-state index is 14.4. The van der Waals surface area contributed by atoms with E-state index in [0.29, 0.717) is 24.1 Å². The number of hydrogen-bond acceptors (Lipinski definition) is 4. The first-order chi connectivity index (χ1) is 9.71. The molecule has 0 bridgehead atoms. The van der Waals surface area contributed by atoms with Crippen molar-refractivity contribution in [2.45, 2.75) is 17.9 Å². The van der Waals surface area contributed by atoms with Gasteiger partial charge < -0.3 is 10.2 Å². The highest BCUT2D eigenvalue weighted by Crippen LogP contribution is 2.25. The van der Waals surface area contributed by atoms with Gasteiger partial charge in [-0.1, -0.05) is 15.9 Å². The van der Waals surface area contributed by atoms with Crippen molar-refractivity contribution in [3.05, 3.63) is 28.0 Å². The minimum atomic E-state index is -3.74. The Morgan fingerprint density at radius 1 is 1.48 bits per heavy atom. The van der Waals surface area contributed by atoms with Gasteiger partial charge >= 0.3 is 0 Å². The molecule has 1 saturated heterocycles. The first-order valence-electron chi connectivity index (χ1n) is 6.42. The monoisotopic (exact) mass is 378 g/mol. The summed E-state index contributed by atoms with van der Waals surface area (Å²) >= 11 is 3.13. The second-order valence-corrected chi connectivity index (χ2v) is 7.99. The van der Waals surface area contributed by atoms with Gasteiger partial charge in [0.15, 0.2) is 15.7 Å². The summed E-state index contributed by atoms with van der Waals surface area (Å²) in [6.45, 7) is 3.57. The lowest BCUT2D eigenvalue weighted by Gasteiger charge is -2.34. The number of carbonyl (C=O) groups excluding carboxylic acids is 1. The summed E-state index contributed by atoms with van der Waals surface area (Å²) in [5.74, 6) is -1.48. The Morgan fingerprint density at radius 2 is 2.14 bits per heavy atom. The van der Waals surface area contributed by atoms with E-state index >= 15 is 0 Å². The number of nitrogens with one attached hydrogen (secondary N) is 1. The first kappa shape index (κ1) is 16.4. The van der Waals surface area contributed by atoms with Crippen molar-refractivity contribution in [2.75, 3.05) is 25.9 Å². The summed E-state index contributed by atoms with van der Waals surface area (Å²) < 4.78 is 38.0. The number of amides is 1. The number of carbonyl (C=O) groups is 1. The van der Waals surface area contributed by atoms with Gasteiger partial charge in [-0.2, -0.15) is 0 Å². The van der Waals surface area contributed by atoms with Crippen molar-refractivity contribution >= 4 is 31.7 Å². The van der Waals surface area contributed by atoms with Gasteiger partial charge in [0.05, 0.1) is 5.56 Å². The Bertz CT molecular complexity index is 678. The molecule has 0 aromatic heterocycles. The van der Waals surface area contributed by atoms with Crippen LogP contribution in [0.2, 0.25) is 0 Å². The number of hydrogen-bond donors (Lipinski definition) is 1. The minimum absolute atomic E-state index is 0.0775. The van der Waals surface area contributed by atoms with Crippen LogP contribution >= 0.6 is 15.9 Å². The van der Waals surface area contributed by atoms with Gasteiger partial charge in [-0.25, -0.2) is 12.8 Å². The molecule has 1 aliphatic rings. The largest absolute Gasteiger partial charge is 0.333 e. The van der Waals surface area contributed by atoms with E-state index in [9.17, 15) is 17.6 Å². The van der Waals surface area contributed by atoms with Crippen molar-refractivity contribution in [1.29, 1.82) is 0 Å². The molecule has 1 aliphatic heterocycles. The molecule has 116 valence electrons. The molecule has 2 rings (SSSR count). The van der Waals surface area contributed by atoms with Crippen molar-refractivity contribution in [2.24, 2.45) is 0 Å². The van der Waals surface area contributed by atoms with E-state index in [2.05, 4.69) is 21.2 Å².